The fraction of sp³-hybridized carbons (Fsp3) is 0.533. The maximum absolute atomic E-state index is 14.4. The number of amides is 1. The molecule has 2 rings (SSSR count). The van der Waals surface area contributed by atoms with E-state index in [0.29, 0.717) is 0 Å². The number of halogens is 4. The van der Waals surface area contributed by atoms with Gasteiger partial charge in [-0.1, -0.05) is 6.07 Å². The summed E-state index contributed by atoms with van der Waals surface area (Å²) in [6, 6.07) is 3.79. The van der Waals surface area contributed by atoms with Crippen LogP contribution >= 0.6 is 15.9 Å². The van der Waals surface area contributed by atoms with Crippen LogP contribution in [0.5, 0.6) is 0 Å². The Hall–Kier alpha value is -1.24. The first-order valence-electron chi connectivity index (χ1n) is 6.82. The Morgan fingerprint density at radius 1 is 1.32 bits per heavy atom. The first-order chi connectivity index (χ1) is 10.0. The highest BCUT2D eigenvalue weighted by Gasteiger charge is 2.51. The molecular formula is C15H17BrF3NO2. The molecule has 1 saturated heterocycles. The van der Waals surface area contributed by atoms with Crippen LogP contribution in [0.2, 0.25) is 0 Å². The molecule has 0 aliphatic carbocycles. The van der Waals surface area contributed by atoms with Crippen LogP contribution in [-0.2, 0) is 10.7 Å². The number of carbonyl (C=O) groups excluding carboxylic acids is 1. The van der Waals surface area contributed by atoms with Gasteiger partial charge in [-0.25, -0.2) is 18.0 Å². The van der Waals surface area contributed by atoms with Gasteiger partial charge in [-0.15, -0.1) is 0 Å². The lowest BCUT2D eigenvalue weighted by atomic mass is 9.88. The lowest BCUT2D eigenvalue weighted by Crippen LogP contribution is -2.56. The Balaban J connectivity index is 2.05. The molecule has 122 valence electrons. The molecule has 1 amide bonds. The van der Waals surface area contributed by atoms with Gasteiger partial charge in [0.05, 0.1) is 16.0 Å². The van der Waals surface area contributed by atoms with Crippen LogP contribution in [-0.4, -0.2) is 29.7 Å². The minimum absolute atomic E-state index is 0.00648. The maximum Gasteiger partial charge on any atom is 0.410 e. The first-order valence-corrected chi connectivity index (χ1v) is 7.62. The van der Waals surface area contributed by atoms with Crippen molar-refractivity contribution in [3.05, 3.63) is 34.1 Å². The number of ether oxygens (including phenoxy) is 1. The van der Waals surface area contributed by atoms with Crippen molar-refractivity contribution in [2.75, 3.05) is 13.1 Å². The Morgan fingerprint density at radius 2 is 1.91 bits per heavy atom. The van der Waals surface area contributed by atoms with E-state index in [4.69, 9.17) is 4.74 Å². The van der Waals surface area contributed by atoms with Crippen LogP contribution in [0, 0.1) is 11.7 Å². The van der Waals surface area contributed by atoms with Gasteiger partial charge in [0, 0.05) is 13.1 Å². The number of likely N-dealkylation sites (tertiary alicyclic amines) is 1. The molecule has 1 aliphatic heterocycles. The number of hydrogen-bond donors (Lipinski definition) is 0. The topological polar surface area (TPSA) is 29.5 Å². The second kappa shape index (κ2) is 5.76. The van der Waals surface area contributed by atoms with E-state index in [1.54, 1.807) is 20.8 Å². The number of hydrogen-bond acceptors (Lipinski definition) is 2. The summed E-state index contributed by atoms with van der Waals surface area (Å²) < 4.78 is 47.7. The maximum atomic E-state index is 14.4. The van der Waals surface area contributed by atoms with Gasteiger partial charge in [-0.2, -0.15) is 0 Å². The molecule has 0 N–H and O–H groups in total. The fourth-order valence-electron chi connectivity index (χ4n) is 2.16. The largest absolute Gasteiger partial charge is 0.444 e. The van der Waals surface area contributed by atoms with Crippen LogP contribution < -0.4 is 0 Å². The number of benzene rings is 1. The molecule has 1 heterocycles. The van der Waals surface area contributed by atoms with Crippen molar-refractivity contribution in [1.82, 2.24) is 4.90 Å². The fourth-order valence-corrected chi connectivity index (χ4v) is 2.53. The quantitative estimate of drug-likeness (QED) is 0.754. The Labute approximate surface area is 135 Å². The predicted octanol–water partition coefficient (Wildman–Crippen LogP) is 4.55. The highest BCUT2D eigenvalue weighted by Crippen LogP contribution is 2.43. The molecule has 1 aliphatic rings. The third kappa shape index (κ3) is 3.39. The summed E-state index contributed by atoms with van der Waals surface area (Å²) in [6.07, 6.45) is -0.630. The van der Waals surface area contributed by atoms with Crippen molar-refractivity contribution in [3.8, 4) is 0 Å². The van der Waals surface area contributed by atoms with Crippen LogP contribution in [0.1, 0.15) is 26.3 Å². The van der Waals surface area contributed by atoms with E-state index in [2.05, 4.69) is 15.9 Å². The molecule has 0 spiro atoms. The molecule has 0 radical (unpaired) electrons. The van der Waals surface area contributed by atoms with Crippen molar-refractivity contribution in [1.29, 1.82) is 0 Å². The molecule has 7 heteroatoms. The van der Waals surface area contributed by atoms with E-state index in [-0.39, 0.29) is 17.6 Å². The number of carbonyl (C=O) groups is 1. The highest BCUT2D eigenvalue weighted by atomic mass is 79.9. The van der Waals surface area contributed by atoms with Gasteiger partial charge in [0.15, 0.2) is 0 Å². The van der Waals surface area contributed by atoms with E-state index in [1.807, 2.05) is 0 Å². The highest BCUT2D eigenvalue weighted by molar-refractivity contribution is 9.10. The molecule has 22 heavy (non-hydrogen) atoms. The summed E-state index contributed by atoms with van der Waals surface area (Å²) in [5.41, 5.74) is -1.34. The average molecular weight is 380 g/mol. The summed E-state index contributed by atoms with van der Waals surface area (Å²) in [5, 5.41) is 0. The molecule has 1 aromatic carbocycles. The van der Waals surface area contributed by atoms with Crippen LogP contribution in [0.25, 0.3) is 0 Å². The molecule has 0 unspecified atom stereocenters. The van der Waals surface area contributed by atoms with Crippen LogP contribution in [0.4, 0.5) is 18.0 Å². The molecule has 0 aromatic heterocycles. The summed E-state index contributed by atoms with van der Waals surface area (Å²) in [4.78, 5) is 12.9. The van der Waals surface area contributed by atoms with E-state index in [1.165, 1.54) is 17.0 Å². The van der Waals surface area contributed by atoms with Crippen molar-refractivity contribution in [3.63, 3.8) is 0 Å². The van der Waals surface area contributed by atoms with Gasteiger partial charge in [0.2, 0.25) is 0 Å². The second-order valence-electron chi connectivity index (χ2n) is 6.31. The standard InChI is InChI=1S/C15H17BrF3NO2/c1-14(2,3)22-13(21)20-7-9(8-20)15(18,19)10-5-4-6-11(16)12(10)17/h4-6,9H,7-8H2,1-3H3. The van der Waals surface area contributed by atoms with Crippen molar-refractivity contribution in [2.45, 2.75) is 32.3 Å². The van der Waals surface area contributed by atoms with E-state index in [9.17, 15) is 18.0 Å². The van der Waals surface area contributed by atoms with Gasteiger partial charge >= 0.3 is 6.09 Å². The molecular weight excluding hydrogens is 363 g/mol. The molecule has 0 bridgehead atoms. The zero-order chi connectivity index (χ0) is 16.7. The molecule has 1 aromatic rings. The summed E-state index contributed by atoms with van der Waals surface area (Å²) in [7, 11) is 0. The van der Waals surface area contributed by atoms with Gasteiger partial charge in [-0.3, -0.25) is 0 Å². The van der Waals surface area contributed by atoms with Crippen molar-refractivity contribution in [2.24, 2.45) is 5.92 Å². The molecule has 3 nitrogen and oxygen atoms in total. The Morgan fingerprint density at radius 3 is 2.45 bits per heavy atom. The first kappa shape index (κ1) is 17.1. The van der Waals surface area contributed by atoms with Crippen LogP contribution in [0.15, 0.2) is 22.7 Å². The van der Waals surface area contributed by atoms with E-state index >= 15 is 0 Å². The van der Waals surface area contributed by atoms with Gasteiger partial charge in [0.25, 0.3) is 5.92 Å². The smallest absolute Gasteiger partial charge is 0.410 e. The Bertz CT molecular complexity index is 581. The normalized spacial score (nSPS) is 16.4. The zero-order valence-corrected chi connectivity index (χ0v) is 14.1. The van der Waals surface area contributed by atoms with Gasteiger partial charge < -0.3 is 9.64 Å². The monoisotopic (exact) mass is 379 g/mol. The number of nitrogens with zero attached hydrogens (tertiary/aromatic N) is 1. The average Bonchev–Trinajstić information content (AvgIpc) is 2.27. The number of alkyl halides is 2. The summed E-state index contributed by atoms with van der Waals surface area (Å²) >= 11 is 2.90. The third-order valence-corrected chi connectivity index (χ3v) is 3.97. The summed E-state index contributed by atoms with van der Waals surface area (Å²) in [5.74, 6) is -5.43. The third-order valence-electron chi connectivity index (χ3n) is 3.36. The second-order valence-corrected chi connectivity index (χ2v) is 7.16. The van der Waals surface area contributed by atoms with Gasteiger partial charge in [0.1, 0.15) is 11.4 Å². The SMILES string of the molecule is CC(C)(C)OC(=O)N1CC(C(F)(F)c2cccc(Br)c2F)C1. The van der Waals surface area contributed by atoms with E-state index in [0.717, 1.165) is 6.07 Å². The van der Waals surface area contributed by atoms with Crippen molar-refractivity contribution >= 4 is 22.0 Å². The summed E-state index contributed by atoms with van der Waals surface area (Å²) in [6.45, 7) is 4.79. The minimum atomic E-state index is -3.34. The lowest BCUT2D eigenvalue weighted by Gasteiger charge is -2.43. The molecule has 0 saturated carbocycles. The molecule has 1 fully saturated rings. The van der Waals surface area contributed by atoms with Gasteiger partial charge in [-0.05, 0) is 48.8 Å². The zero-order valence-electron chi connectivity index (χ0n) is 12.5. The van der Waals surface area contributed by atoms with E-state index < -0.39 is 34.9 Å². The Kier molecular flexibility index (Phi) is 4.48. The molecule has 0 atom stereocenters. The van der Waals surface area contributed by atoms with Crippen LogP contribution in [0.3, 0.4) is 0 Å². The lowest BCUT2D eigenvalue weighted by molar-refractivity contribution is -0.123. The number of rotatable bonds is 2. The van der Waals surface area contributed by atoms with Crippen molar-refractivity contribution < 1.29 is 22.7 Å². The minimum Gasteiger partial charge on any atom is -0.444 e. The predicted molar refractivity (Wildman–Crippen MR) is 79.3 cm³/mol.